The van der Waals surface area contributed by atoms with E-state index >= 15 is 0 Å². The molecule has 1 saturated heterocycles. The second-order valence-corrected chi connectivity index (χ2v) is 6.60. The standard InChI is InChI=1S/C16H18BrClN4/c17-14-10-20-16(18)21-15(14)22(13-6-8-19-9-7-13)11-12-4-2-1-3-5-12/h1-5,10,13,19H,6-9,11H2. The van der Waals surface area contributed by atoms with Gasteiger partial charge in [-0.3, -0.25) is 0 Å². The molecular weight excluding hydrogens is 364 g/mol. The number of aromatic nitrogens is 2. The average molecular weight is 382 g/mol. The zero-order valence-electron chi connectivity index (χ0n) is 12.2. The van der Waals surface area contributed by atoms with Gasteiger partial charge < -0.3 is 10.2 Å². The number of halogens is 2. The molecular formula is C16H18BrClN4. The number of benzene rings is 1. The Hall–Kier alpha value is -1.17. The van der Waals surface area contributed by atoms with Crippen molar-refractivity contribution in [1.82, 2.24) is 15.3 Å². The first kappa shape index (κ1) is 15.7. The lowest BCUT2D eigenvalue weighted by Gasteiger charge is -2.36. The van der Waals surface area contributed by atoms with Gasteiger partial charge in [0.2, 0.25) is 5.28 Å². The highest BCUT2D eigenvalue weighted by molar-refractivity contribution is 9.10. The summed E-state index contributed by atoms with van der Waals surface area (Å²) in [7, 11) is 0. The van der Waals surface area contributed by atoms with Gasteiger partial charge in [0.1, 0.15) is 5.82 Å². The highest BCUT2D eigenvalue weighted by atomic mass is 79.9. The van der Waals surface area contributed by atoms with Gasteiger partial charge in [-0.25, -0.2) is 4.98 Å². The van der Waals surface area contributed by atoms with Crippen LogP contribution in [-0.4, -0.2) is 29.1 Å². The minimum absolute atomic E-state index is 0.283. The predicted molar refractivity (Wildman–Crippen MR) is 93.3 cm³/mol. The first-order chi connectivity index (χ1) is 10.7. The van der Waals surface area contributed by atoms with Crippen molar-refractivity contribution in [2.24, 2.45) is 0 Å². The minimum Gasteiger partial charge on any atom is -0.348 e. The van der Waals surface area contributed by atoms with E-state index in [1.54, 1.807) is 6.20 Å². The van der Waals surface area contributed by atoms with E-state index in [1.807, 2.05) is 6.07 Å². The monoisotopic (exact) mass is 380 g/mol. The van der Waals surface area contributed by atoms with Crippen LogP contribution in [0.4, 0.5) is 5.82 Å². The molecule has 0 bridgehead atoms. The van der Waals surface area contributed by atoms with Crippen LogP contribution in [0, 0.1) is 0 Å². The van der Waals surface area contributed by atoms with Gasteiger partial charge in [0.05, 0.1) is 4.47 Å². The van der Waals surface area contributed by atoms with Crippen molar-refractivity contribution < 1.29 is 0 Å². The molecule has 1 aromatic heterocycles. The van der Waals surface area contributed by atoms with E-state index in [-0.39, 0.29) is 5.28 Å². The Kier molecular flexibility index (Phi) is 5.28. The largest absolute Gasteiger partial charge is 0.348 e. The van der Waals surface area contributed by atoms with Crippen molar-refractivity contribution in [3.63, 3.8) is 0 Å². The molecule has 1 aliphatic heterocycles. The normalized spacial score (nSPS) is 15.7. The number of nitrogens with zero attached hydrogens (tertiary/aromatic N) is 3. The molecule has 0 amide bonds. The van der Waals surface area contributed by atoms with E-state index in [0.717, 1.165) is 42.8 Å². The van der Waals surface area contributed by atoms with E-state index < -0.39 is 0 Å². The second kappa shape index (κ2) is 7.40. The maximum absolute atomic E-state index is 6.02. The molecule has 2 heterocycles. The lowest BCUT2D eigenvalue weighted by atomic mass is 10.0. The SMILES string of the molecule is Clc1ncc(Br)c(N(Cc2ccccc2)C2CCNCC2)n1. The van der Waals surface area contributed by atoms with Crippen LogP contribution in [0.2, 0.25) is 5.28 Å². The van der Waals surface area contributed by atoms with Crippen molar-refractivity contribution in [2.45, 2.75) is 25.4 Å². The number of piperidine rings is 1. The summed E-state index contributed by atoms with van der Waals surface area (Å²) in [5.74, 6) is 0.871. The van der Waals surface area contributed by atoms with E-state index in [9.17, 15) is 0 Å². The van der Waals surface area contributed by atoms with Crippen molar-refractivity contribution in [3.05, 3.63) is 51.8 Å². The van der Waals surface area contributed by atoms with Gasteiger partial charge in [0, 0.05) is 18.8 Å². The number of hydrogen-bond acceptors (Lipinski definition) is 4. The third kappa shape index (κ3) is 3.77. The Balaban J connectivity index is 1.92. The third-order valence-corrected chi connectivity index (χ3v) is 4.65. The van der Waals surface area contributed by atoms with Gasteiger partial charge in [-0.15, -0.1) is 0 Å². The minimum atomic E-state index is 0.283. The van der Waals surface area contributed by atoms with Gasteiger partial charge in [0.25, 0.3) is 0 Å². The van der Waals surface area contributed by atoms with Crippen molar-refractivity contribution in [3.8, 4) is 0 Å². The van der Waals surface area contributed by atoms with Gasteiger partial charge in [-0.1, -0.05) is 30.3 Å². The molecule has 0 saturated carbocycles. The van der Waals surface area contributed by atoms with Gasteiger partial charge in [-0.2, -0.15) is 4.98 Å². The van der Waals surface area contributed by atoms with Crippen LogP contribution in [0.3, 0.4) is 0 Å². The van der Waals surface area contributed by atoms with E-state index in [0.29, 0.717) is 6.04 Å². The molecule has 0 spiro atoms. The smallest absolute Gasteiger partial charge is 0.224 e. The van der Waals surface area contributed by atoms with Crippen LogP contribution < -0.4 is 10.2 Å². The van der Waals surface area contributed by atoms with Crippen LogP contribution in [0.15, 0.2) is 41.0 Å². The van der Waals surface area contributed by atoms with Crippen LogP contribution in [-0.2, 0) is 6.54 Å². The fourth-order valence-corrected chi connectivity index (χ4v) is 3.36. The molecule has 116 valence electrons. The molecule has 0 unspecified atom stereocenters. The Morgan fingerprint density at radius 2 is 1.95 bits per heavy atom. The quantitative estimate of drug-likeness (QED) is 0.821. The van der Waals surface area contributed by atoms with Gasteiger partial charge >= 0.3 is 0 Å². The van der Waals surface area contributed by atoms with Crippen LogP contribution in [0.25, 0.3) is 0 Å². The van der Waals surface area contributed by atoms with Crippen molar-refractivity contribution in [2.75, 3.05) is 18.0 Å². The van der Waals surface area contributed by atoms with E-state index in [4.69, 9.17) is 11.6 Å². The molecule has 1 fully saturated rings. The molecule has 6 heteroatoms. The highest BCUT2D eigenvalue weighted by Crippen LogP contribution is 2.29. The molecule has 1 N–H and O–H groups in total. The van der Waals surface area contributed by atoms with Crippen LogP contribution in [0.5, 0.6) is 0 Å². The molecule has 0 atom stereocenters. The van der Waals surface area contributed by atoms with E-state index in [2.05, 4.69) is 60.4 Å². The number of hydrogen-bond donors (Lipinski definition) is 1. The molecule has 1 aliphatic rings. The maximum atomic E-state index is 6.02. The first-order valence-corrected chi connectivity index (χ1v) is 8.60. The van der Waals surface area contributed by atoms with Crippen molar-refractivity contribution >= 4 is 33.3 Å². The fraction of sp³-hybridized carbons (Fsp3) is 0.375. The number of rotatable bonds is 4. The van der Waals surface area contributed by atoms with Crippen LogP contribution >= 0.6 is 27.5 Å². The summed E-state index contributed by atoms with van der Waals surface area (Å²) >= 11 is 9.59. The molecule has 0 radical (unpaired) electrons. The molecule has 3 rings (SSSR count). The number of nitrogens with one attached hydrogen (secondary N) is 1. The summed E-state index contributed by atoms with van der Waals surface area (Å²) in [6, 6.07) is 10.9. The summed E-state index contributed by atoms with van der Waals surface area (Å²) < 4.78 is 0.881. The highest BCUT2D eigenvalue weighted by Gasteiger charge is 2.24. The Morgan fingerprint density at radius 3 is 2.68 bits per heavy atom. The van der Waals surface area contributed by atoms with Crippen molar-refractivity contribution in [1.29, 1.82) is 0 Å². The summed E-state index contributed by atoms with van der Waals surface area (Å²) in [6.45, 7) is 2.89. The first-order valence-electron chi connectivity index (χ1n) is 7.43. The molecule has 0 aliphatic carbocycles. The molecule has 2 aromatic rings. The fourth-order valence-electron chi connectivity index (χ4n) is 2.81. The molecule has 22 heavy (non-hydrogen) atoms. The molecule has 4 nitrogen and oxygen atoms in total. The van der Waals surface area contributed by atoms with Crippen LogP contribution in [0.1, 0.15) is 18.4 Å². The van der Waals surface area contributed by atoms with Gasteiger partial charge in [-0.05, 0) is 59.0 Å². The summed E-state index contributed by atoms with van der Waals surface area (Å²) in [5, 5.41) is 3.70. The summed E-state index contributed by atoms with van der Waals surface area (Å²) in [5.41, 5.74) is 1.27. The van der Waals surface area contributed by atoms with E-state index in [1.165, 1.54) is 5.56 Å². The summed E-state index contributed by atoms with van der Waals surface area (Å²) in [4.78, 5) is 10.8. The lowest BCUT2D eigenvalue weighted by molar-refractivity contribution is 0.425. The predicted octanol–water partition coefficient (Wildman–Crippen LogP) is 3.65. The summed E-state index contributed by atoms with van der Waals surface area (Å²) in [6.07, 6.45) is 3.92. The Labute approximate surface area is 144 Å². The third-order valence-electron chi connectivity index (χ3n) is 3.91. The number of anilines is 1. The Morgan fingerprint density at radius 1 is 1.23 bits per heavy atom. The zero-order chi connectivity index (χ0) is 15.4. The average Bonchev–Trinajstić information content (AvgIpc) is 2.57. The topological polar surface area (TPSA) is 41.1 Å². The second-order valence-electron chi connectivity index (χ2n) is 5.41. The maximum Gasteiger partial charge on any atom is 0.224 e. The lowest BCUT2D eigenvalue weighted by Crippen LogP contribution is -2.43. The van der Waals surface area contributed by atoms with Gasteiger partial charge in [0.15, 0.2) is 0 Å². The Bertz CT molecular complexity index is 617. The zero-order valence-corrected chi connectivity index (χ0v) is 14.5. The molecule has 1 aromatic carbocycles.